The van der Waals surface area contributed by atoms with E-state index in [1.807, 2.05) is 6.55 Å². The fraction of sp³-hybridized carbons (Fsp3) is 0.818. The van der Waals surface area contributed by atoms with E-state index in [0.29, 0.717) is 6.61 Å². The van der Waals surface area contributed by atoms with Crippen LogP contribution in [0, 0.1) is 0 Å². The summed E-state index contributed by atoms with van der Waals surface area (Å²) in [6, 6.07) is 0. The van der Waals surface area contributed by atoms with Gasteiger partial charge in [-0.25, -0.2) is 0 Å². The third kappa shape index (κ3) is 43.1. The van der Waals surface area contributed by atoms with Crippen molar-refractivity contribution in [3.63, 3.8) is 0 Å². The van der Waals surface area contributed by atoms with E-state index in [4.69, 9.17) is 24.1 Å². The number of nitrogens with two attached hydrogens (primary N) is 2. The molecule has 0 aromatic rings. The van der Waals surface area contributed by atoms with E-state index in [9.17, 15) is 0 Å². The van der Waals surface area contributed by atoms with Gasteiger partial charge in [-0.1, -0.05) is 38.8 Å². The number of primary amides is 1. The Hall–Kier alpha value is -0.353. The summed E-state index contributed by atoms with van der Waals surface area (Å²) in [5.41, 5.74) is 9.45. The van der Waals surface area contributed by atoms with E-state index in [2.05, 4.69) is 37.5 Å². The Kier molecular flexibility index (Phi) is 25.8. The molecule has 0 aliphatic carbocycles. The molecule has 6 nitrogen and oxygen atoms in total. The molecule has 0 bridgehead atoms. The maximum atomic E-state index is 9.09. The fourth-order valence-electron chi connectivity index (χ4n) is 0.785. The summed E-state index contributed by atoms with van der Waals surface area (Å²) in [6.07, 6.45) is 4.78. The topological polar surface area (TPSA) is 96.8 Å². The number of unbranched alkanes of at least 4 members (excludes halogenated alkanes) is 3. The molecular weight excluding hydrogens is 316 g/mol. The Morgan fingerprint density at radius 1 is 1.20 bits per heavy atom. The second kappa shape index (κ2) is 21.0. The highest BCUT2D eigenvalue weighted by molar-refractivity contribution is 7.96. The molecule has 0 spiro atoms. The molecule has 0 aromatic carbocycles. The van der Waals surface area contributed by atoms with Crippen molar-refractivity contribution in [2.45, 2.75) is 39.2 Å². The molecule has 0 saturated heterocycles. The molecule has 0 fully saturated rings. The van der Waals surface area contributed by atoms with E-state index in [0.717, 1.165) is 6.42 Å². The molecule has 4 N–H and O–H groups in total. The van der Waals surface area contributed by atoms with Crippen LogP contribution in [0.4, 0.5) is 4.79 Å². The maximum Gasteiger partial charge on any atom is 0.380 e. The molecular formula is C11H27N2O4S2Si. The molecule has 0 heterocycles. The Bertz CT molecular complexity index is 228. The molecule has 121 valence electrons. The third-order valence-electron chi connectivity index (χ3n) is 1.82. The molecule has 0 unspecified atom stereocenters. The van der Waals surface area contributed by atoms with Crippen molar-refractivity contribution >= 4 is 44.5 Å². The van der Waals surface area contributed by atoms with Crippen molar-refractivity contribution < 1.29 is 18.4 Å². The number of ether oxygens (including phenoxy) is 1. The Morgan fingerprint density at radius 3 is 1.90 bits per heavy atom. The van der Waals surface area contributed by atoms with Crippen LogP contribution < -0.4 is 11.5 Å². The molecule has 9 heteroatoms. The first kappa shape index (κ1) is 24.7. The minimum Gasteiger partial charge on any atom is -0.471 e. The van der Waals surface area contributed by atoms with Gasteiger partial charge in [-0.3, -0.25) is 4.79 Å². The third-order valence-corrected chi connectivity index (χ3v) is 3.08. The van der Waals surface area contributed by atoms with Gasteiger partial charge in [-0.2, -0.15) is 0 Å². The van der Waals surface area contributed by atoms with E-state index < -0.39 is 14.5 Å². The lowest BCUT2D eigenvalue weighted by molar-refractivity contribution is 0.267. The zero-order chi connectivity index (χ0) is 16.4. The lowest BCUT2D eigenvalue weighted by Gasteiger charge is -2.01. The second-order valence-corrected chi connectivity index (χ2v) is 6.11. The van der Waals surface area contributed by atoms with Crippen LogP contribution >= 0.6 is 24.8 Å². The van der Waals surface area contributed by atoms with Gasteiger partial charge in [0, 0.05) is 14.2 Å². The van der Waals surface area contributed by atoms with Crippen LogP contribution in [0.3, 0.4) is 0 Å². The molecule has 0 rings (SSSR count). The van der Waals surface area contributed by atoms with E-state index >= 15 is 0 Å². The summed E-state index contributed by atoms with van der Waals surface area (Å²) in [5.74, 6) is 0. The number of hydrogen-bond acceptors (Lipinski definition) is 5. The average Bonchev–Trinajstić information content (AvgIpc) is 2.37. The zero-order valence-corrected chi connectivity index (χ0v) is 15.4. The summed E-state index contributed by atoms with van der Waals surface area (Å²) in [7, 11) is 2.43. The molecule has 0 atom stereocenters. The maximum absolute atomic E-state index is 9.09. The summed E-state index contributed by atoms with van der Waals surface area (Å²) in [5, 5.41) is -0.475. The van der Waals surface area contributed by atoms with Crippen molar-refractivity contribution in [1.29, 1.82) is 0 Å². The summed E-state index contributed by atoms with van der Waals surface area (Å²) >= 11 is 7.63. The Balaban J connectivity index is -0.000000246. The van der Waals surface area contributed by atoms with Gasteiger partial charge in [0.1, 0.15) is 0 Å². The van der Waals surface area contributed by atoms with Crippen molar-refractivity contribution in [2.24, 2.45) is 11.5 Å². The van der Waals surface area contributed by atoms with Crippen LogP contribution in [0.25, 0.3) is 0 Å². The van der Waals surface area contributed by atoms with Crippen LogP contribution in [0.2, 0.25) is 6.55 Å². The van der Waals surface area contributed by atoms with Crippen LogP contribution in [-0.2, 0) is 13.6 Å². The van der Waals surface area contributed by atoms with Crippen molar-refractivity contribution in [3.8, 4) is 0 Å². The fourth-order valence-corrected chi connectivity index (χ4v) is 1.03. The number of carbonyl (C=O) groups is 1. The lowest BCUT2D eigenvalue weighted by Crippen LogP contribution is -2.13. The van der Waals surface area contributed by atoms with Crippen molar-refractivity contribution in [3.05, 3.63) is 0 Å². The second-order valence-electron chi connectivity index (χ2n) is 3.47. The quantitative estimate of drug-likeness (QED) is 0.284. The summed E-state index contributed by atoms with van der Waals surface area (Å²) < 4.78 is 14.5. The predicted molar refractivity (Wildman–Crippen MR) is 91.1 cm³/mol. The highest BCUT2D eigenvalue weighted by atomic mass is 32.1. The van der Waals surface area contributed by atoms with Gasteiger partial charge in [0.05, 0.1) is 6.61 Å². The van der Waals surface area contributed by atoms with E-state index in [-0.39, 0.29) is 5.17 Å². The minimum atomic E-state index is -0.868. The average molecular weight is 344 g/mol. The summed E-state index contributed by atoms with van der Waals surface area (Å²) in [4.78, 5) is 9.09. The van der Waals surface area contributed by atoms with Gasteiger partial charge in [0.2, 0.25) is 0 Å². The van der Waals surface area contributed by atoms with Gasteiger partial charge in [-0.05, 0) is 25.2 Å². The first-order chi connectivity index (χ1) is 9.31. The Labute approximate surface area is 134 Å². The molecule has 0 aromatic heterocycles. The first-order valence-electron chi connectivity index (χ1n) is 6.13. The molecule has 0 aliphatic heterocycles. The van der Waals surface area contributed by atoms with Crippen LogP contribution in [-0.4, -0.2) is 40.5 Å². The van der Waals surface area contributed by atoms with Gasteiger partial charge in [-0.15, -0.1) is 0 Å². The molecule has 20 heavy (non-hydrogen) atoms. The molecule has 1 amide bonds. The van der Waals surface area contributed by atoms with Crippen molar-refractivity contribution in [2.75, 3.05) is 20.8 Å². The lowest BCUT2D eigenvalue weighted by atomic mass is 10.2. The first-order valence-corrected chi connectivity index (χ1v) is 8.81. The normalized spacial score (nSPS) is 8.90. The van der Waals surface area contributed by atoms with Gasteiger partial charge >= 0.3 is 9.28 Å². The van der Waals surface area contributed by atoms with Gasteiger partial charge < -0.3 is 25.1 Å². The van der Waals surface area contributed by atoms with Crippen molar-refractivity contribution in [1.82, 2.24) is 0 Å². The van der Waals surface area contributed by atoms with E-state index in [1.54, 1.807) is 14.2 Å². The smallest absolute Gasteiger partial charge is 0.380 e. The number of thiol groups is 1. The van der Waals surface area contributed by atoms with E-state index in [1.165, 1.54) is 19.3 Å². The molecule has 0 saturated carbocycles. The highest BCUT2D eigenvalue weighted by Gasteiger charge is 1.97. The SMILES string of the molecule is CCCCCCOC(N)=S.CO[Si](C)OC.NC(=O)S. The number of hydrogen-bond donors (Lipinski definition) is 3. The van der Waals surface area contributed by atoms with Crippen LogP contribution in [0.5, 0.6) is 0 Å². The number of carbonyl (C=O) groups excluding carboxylic acids is 1. The minimum absolute atomic E-state index is 0.163. The van der Waals surface area contributed by atoms with Crippen LogP contribution in [0.15, 0.2) is 0 Å². The standard InChI is InChI=1S/C7H15NOS.C3H9O2Si.CH3NOS/c1-2-3-4-5-6-9-7(8)10;1-4-6(3)5-2;2-1(3)4/h2-6H2,1H3,(H2,8,10);1-3H3;(H3,2,3,4). The molecule has 0 aliphatic rings. The Morgan fingerprint density at radius 2 is 1.65 bits per heavy atom. The zero-order valence-electron chi connectivity index (χ0n) is 12.7. The largest absolute Gasteiger partial charge is 0.471 e. The summed E-state index contributed by atoms with van der Waals surface area (Å²) in [6.45, 7) is 4.79. The number of rotatable bonds is 7. The van der Waals surface area contributed by atoms with Crippen LogP contribution in [0.1, 0.15) is 32.6 Å². The predicted octanol–water partition coefficient (Wildman–Crippen LogP) is 2.22. The molecule has 1 radical (unpaired) electrons. The number of thiocarbonyl (C=S) groups is 1. The highest BCUT2D eigenvalue weighted by Crippen LogP contribution is 1.98. The van der Waals surface area contributed by atoms with Gasteiger partial charge in [0.25, 0.3) is 10.4 Å². The number of amides is 1. The van der Waals surface area contributed by atoms with Gasteiger partial charge in [0.15, 0.2) is 0 Å². The monoisotopic (exact) mass is 343 g/mol.